The number of pyridine rings is 1. The fourth-order valence-corrected chi connectivity index (χ4v) is 21.0. The zero-order chi connectivity index (χ0) is 21.1. The maximum absolute atomic E-state index is 12.9. The number of nitrogens with zero attached hydrogens (tertiary/aromatic N) is 2. The fraction of sp³-hybridized carbons (Fsp3) is 0.667. The first-order valence-corrected chi connectivity index (χ1v) is 19.2. The Balaban J connectivity index is 2.53. The molecule has 0 bridgehead atoms. The van der Waals surface area contributed by atoms with E-state index in [1.165, 1.54) is 60.8 Å². The van der Waals surface area contributed by atoms with Crippen LogP contribution in [0.25, 0.3) is 10.9 Å². The van der Waals surface area contributed by atoms with E-state index in [9.17, 15) is 4.79 Å². The molecular formula is C24H40N2O2Sn. The molecule has 0 amide bonds. The summed E-state index contributed by atoms with van der Waals surface area (Å²) < 4.78 is 13.0. The van der Waals surface area contributed by atoms with E-state index < -0.39 is 18.4 Å². The summed E-state index contributed by atoms with van der Waals surface area (Å²) in [6.07, 6.45) is 15.2. The van der Waals surface area contributed by atoms with E-state index in [-0.39, 0.29) is 6.09 Å². The summed E-state index contributed by atoms with van der Waals surface area (Å²) in [6, 6.07) is 2.13. The van der Waals surface area contributed by atoms with Crippen molar-refractivity contribution in [3.63, 3.8) is 0 Å². The summed E-state index contributed by atoms with van der Waals surface area (Å²) in [6.45, 7) is 9.50. The van der Waals surface area contributed by atoms with Gasteiger partial charge < -0.3 is 0 Å². The molecule has 2 aromatic heterocycles. The van der Waals surface area contributed by atoms with Gasteiger partial charge in [0.1, 0.15) is 0 Å². The van der Waals surface area contributed by atoms with E-state index in [4.69, 9.17) is 4.74 Å². The molecule has 2 heterocycles. The van der Waals surface area contributed by atoms with Crippen LogP contribution >= 0.6 is 0 Å². The second-order valence-corrected chi connectivity index (χ2v) is 21.5. The molecule has 0 spiro atoms. The Kier molecular flexibility index (Phi) is 10.5. The van der Waals surface area contributed by atoms with Crippen molar-refractivity contribution in [1.82, 2.24) is 9.55 Å². The normalized spacial score (nSPS) is 11.9. The van der Waals surface area contributed by atoms with Crippen LogP contribution in [0.2, 0.25) is 13.3 Å². The monoisotopic (exact) mass is 508 g/mol. The number of carbonyl (C=O) groups excluding carboxylic acids is 1. The molecule has 0 atom stereocenters. The van der Waals surface area contributed by atoms with Crippen LogP contribution in [0.1, 0.15) is 79.1 Å². The molecule has 2 rings (SSSR count). The Bertz CT molecular complexity index is 735. The summed E-state index contributed by atoms with van der Waals surface area (Å²) in [7, 11) is 0. The molecule has 4 nitrogen and oxygen atoms in total. The van der Waals surface area contributed by atoms with Crippen LogP contribution in [0.3, 0.4) is 0 Å². The van der Waals surface area contributed by atoms with Crippen LogP contribution in [0.15, 0.2) is 24.7 Å². The van der Waals surface area contributed by atoms with Crippen molar-refractivity contribution in [2.24, 2.45) is 0 Å². The van der Waals surface area contributed by atoms with Crippen molar-refractivity contribution in [1.29, 1.82) is 0 Å². The van der Waals surface area contributed by atoms with Crippen molar-refractivity contribution in [2.75, 3.05) is 6.61 Å². The number of carbonyl (C=O) groups is 1. The summed E-state index contributed by atoms with van der Waals surface area (Å²) in [5, 5.41) is 1.26. The molecule has 0 fully saturated rings. The summed E-state index contributed by atoms with van der Waals surface area (Å²) in [4.78, 5) is 17.2. The Hall–Kier alpha value is -1.04. The van der Waals surface area contributed by atoms with E-state index in [1.54, 1.807) is 4.57 Å². The van der Waals surface area contributed by atoms with Crippen LogP contribution in [0.4, 0.5) is 4.79 Å². The van der Waals surface area contributed by atoms with Gasteiger partial charge in [-0.3, -0.25) is 0 Å². The molecule has 0 aliphatic rings. The molecule has 2 aromatic rings. The predicted molar refractivity (Wildman–Crippen MR) is 126 cm³/mol. The van der Waals surface area contributed by atoms with E-state index in [2.05, 4.69) is 44.9 Å². The first kappa shape index (κ1) is 24.2. The van der Waals surface area contributed by atoms with Crippen LogP contribution < -0.4 is 3.58 Å². The first-order chi connectivity index (χ1) is 14.1. The number of unbranched alkanes of at least 4 members (excludes halogenated alkanes) is 4. The van der Waals surface area contributed by atoms with E-state index in [0.29, 0.717) is 6.61 Å². The average molecular weight is 507 g/mol. The Labute approximate surface area is 181 Å². The predicted octanol–water partition coefficient (Wildman–Crippen LogP) is 6.88. The van der Waals surface area contributed by atoms with Crippen molar-refractivity contribution >= 4 is 39.0 Å². The van der Waals surface area contributed by atoms with Gasteiger partial charge in [-0.25, -0.2) is 0 Å². The number of hydrogen-bond acceptors (Lipinski definition) is 3. The Morgan fingerprint density at radius 3 is 2.10 bits per heavy atom. The van der Waals surface area contributed by atoms with Gasteiger partial charge in [-0.15, -0.1) is 0 Å². The third-order valence-electron chi connectivity index (χ3n) is 6.13. The molecular weight excluding hydrogens is 467 g/mol. The molecule has 0 saturated carbocycles. The van der Waals surface area contributed by atoms with Gasteiger partial charge in [0, 0.05) is 0 Å². The number of fused-ring (bicyclic) bond motifs is 1. The summed E-state index contributed by atoms with van der Waals surface area (Å²) in [5.74, 6) is 0. The molecule has 0 unspecified atom stereocenters. The molecule has 0 radical (unpaired) electrons. The van der Waals surface area contributed by atoms with E-state index in [0.717, 1.165) is 18.4 Å². The maximum atomic E-state index is 12.9. The third kappa shape index (κ3) is 6.22. The SMILES string of the molecule is CCCCOC(=O)n1c[c]([Sn]([CH2]CCC)([CH2]CCC)[CH2]CCC)c2ccncc21. The Morgan fingerprint density at radius 2 is 1.55 bits per heavy atom. The van der Waals surface area contributed by atoms with Gasteiger partial charge in [-0.05, 0) is 0 Å². The van der Waals surface area contributed by atoms with Gasteiger partial charge in [-0.1, -0.05) is 0 Å². The van der Waals surface area contributed by atoms with Crippen LogP contribution in [-0.2, 0) is 4.74 Å². The van der Waals surface area contributed by atoms with E-state index >= 15 is 0 Å². The fourth-order valence-electron chi connectivity index (χ4n) is 4.35. The number of hydrogen-bond donors (Lipinski definition) is 0. The number of rotatable bonds is 13. The zero-order valence-corrected chi connectivity index (χ0v) is 21.9. The molecule has 162 valence electrons. The van der Waals surface area contributed by atoms with Crippen molar-refractivity contribution in [3.8, 4) is 0 Å². The van der Waals surface area contributed by atoms with Gasteiger partial charge >= 0.3 is 182 Å². The first-order valence-electron chi connectivity index (χ1n) is 11.8. The topological polar surface area (TPSA) is 44.1 Å². The summed E-state index contributed by atoms with van der Waals surface area (Å²) >= 11 is -2.66. The molecule has 29 heavy (non-hydrogen) atoms. The molecule has 0 N–H and O–H groups in total. The van der Waals surface area contributed by atoms with E-state index in [1.807, 2.05) is 12.4 Å². The van der Waals surface area contributed by atoms with Crippen molar-refractivity contribution in [3.05, 3.63) is 24.7 Å². The van der Waals surface area contributed by atoms with Gasteiger partial charge in [-0.2, -0.15) is 0 Å². The Morgan fingerprint density at radius 1 is 0.966 bits per heavy atom. The third-order valence-corrected chi connectivity index (χ3v) is 21.7. The quantitative estimate of drug-likeness (QED) is 0.219. The standard InChI is InChI=1S/C12H13N2O2.3C4H9.Sn/c1-2-3-8-16-12(15)14-7-5-10-4-6-13-9-11(10)14;3*1-3-4-2;/h4,6-7,9H,2-3,8H2,1H3;3*1,3-4H2,2H3;. The zero-order valence-electron chi connectivity index (χ0n) is 19.0. The van der Waals surface area contributed by atoms with Gasteiger partial charge in [0.25, 0.3) is 0 Å². The van der Waals surface area contributed by atoms with Gasteiger partial charge in [0.15, 0.2) is 0 Å². The molecule has 0 aliphatic carbocycles. The molecule has 0 aliphatic heterocycles. The van der Waals surface area contributed by atoms with Gasteiger partial charge in [0.2, 0.25) is 0 Å². The molecule has 0 saturated heterocycles. The molecule has 5 heteroatoms. The van der Waals surface area contributed by atoms with Crippen molar-refractivity contribution in [2.45, 2.75) is 92.4 Å². The second-order valence-electron chi connectivity index (χ2n) is 8.36. The second kappa shape index (κ2) is 12.6. The summed E-state index contributed by atoms with van der Waals surface area (Å²) in [5.41, 5.74) is 0.926. The van der Waals surface area contributed by atoms with Crippen LogP contribution in [0, 0.1) is 0 Å². The molecule has 0 aromatic carbocycles. The minimum absolute atomic E-state index is 0.246. The van der Waals surface area contributed by atoms with Crippen LogP contribution in [0.5, 0.6) is 0 Å². The number of ether oxygens (including phenoxy) is 1. The average Bonchev–Trinajstić information content (AvgIpc) is 3.14. The van der Waals surface area contributed by atoms with Crippen LogP contribution in [-0.4, -0.2) is 40.6 Å². The van der Waals surface area contributed by atoms with Gasteiger partial charge in [0.05, 0.1) is 0 Å². The van der Waals surface area contributed by atoms with Crippen molar-refractivity contribution < 1.29 is 9.53 Å². The number of aromatic nitrogens is 2. The minimum atomic E-state index is -2.66.